The Morgan fingerprint density at radius 2 is 2.00 bits per heavy atom. The predicted octanol–water partition coefficient (Wildman–Crippen LogP) is 4.30. The van der Waals surface area contributed by atoms with Gasteiger partial charge >= 0.3 is 0 Å². The zero-order valence-electron chi connectivity index (χ0n) is 10.3. The minimum Gasteiger partial charge on any atom is -0.330 e. The lowest BCUT2D eigenvalue weighted by molar-refractivity contribution is 0.966. The molecule has 2 aromatic rings. The first-order valence-electron chi connectivity index (χ1n) is 5.92. The molecule has 0 fully saturated rings. The number of aryl methyl sites for hydroxylation is 1. The van der Waals surface area contributed by atoms with Crippen molar-refractivity contribution >= 4 is 23.4 Å². The maximum Gasteiger partial charge on any atom is 0.0548 e. The molecule has 2 N–H and O–H groups in total. The third kappa shape index (κ3) is 3.52. The van der Waals surface area contributed by atoms with Gasteiger partial charge in [-0.05, 0) is 49.7 Å². The van der Waals surface area contributed by atoms with Gasteiger partial charge in [-0.2, -0.15) is 0 Å². The van der Waals surface area contributed by atoms with E-state index in [2.05, 4.69) is 43.3 Å². The number of hydrogen-bond donors (Lipinski definition) is 1. The normalized spacial score (nSPS) is 10.6. The molecule has 0 bridgehead atoms. The smallest absolute Gasteiger partial charge is 0.0548 e. The molecule has 0 unspecified atom stereocenters. The molecule has 0 amide bonds. The summed E-state index contributed by atoms with van der Waals surface area (Å²) in [6, 6.07) is 14.6. The average molecular weight is 278 g/mol. The SMILES string of the molecule is Cc1cccc(Sc2ccc(CCN)cc2Cl)c1. The van der Waals surface area contributed by atoms with E-state index in [1.165, 1.54) is 16.0 Å². The second kappa shape index (κ2) is 6.28. The molecule has 94 valence electrons. The van der Waals surface area contributed by atoms with Gasteiger partial charge in [0.1, 0.15) is 0 Å². The second-order valence-electron chi connectivity index (χ2n) is 4.22. The van der Waals surface area contributed by atoms with Gasteiger partial charge in [0.25, 0.3) is 0 Å². The van der Waals surface area contributed by atoms with Crippen molar-refractivity contribution in [2.24, 2.45) is 5.73 Å². The molecule has 2 rings (SSSR count). The van der Waals surface area contributed by atoms with Gasteiger partial charge in [0, 0.05) is 9.79 Å². The van der Waals surface area contributed by atoms with Crippen molar-refractivity contribution < 1.29 is 0 Å². The lowest BCUT2D eigenvalue weighted by atomic mass is 10.1. The minimum absolute atomic E-state index is 0.653. The monoisotopic (exact) mass is 277 g/mol. The highest BCUT2D eigenvalue weighted by atomic mass is 35.5. The first-order valence-corrected chi connectivity index (χ1v) is 7.11. The lowest BCUT2D eigenvalue weighted by Crippen LogP contribution is -2.02. The van der Waals surface area contributed by atoms with Crippen LogP contribution < -0.4 is 5.73 Å². The summed E-state index contributed by atoms with van der Waals surface area (Å²) in [6.07, 6.45) is 0.870. The summed E-state index contributed by atoms with van der Waals surface area (Å²) in [7, 11) is 0. The van der Waals surface area contributed by atoms with Crippen molar-refractivity contribution in [3.63, 3.8) is 0 Å². The molecule has 0 heterocycles. The van der Waals surface area contributed by atoms with Crippen molar-refractivity contribution in [3.8, 4) is 0 Å². The molecule has 0 spiro atoms. The Morgan fingerprint density at radius 1 is 1.17 bits per heavy atom. The van der Waals surface area contributed by atoms with Crippen molar-refractivity contribution in [1.82, 2.24) is 0 Å². The Balaban J connectivity index is 2.19. The Kier molecular flexibility index (Phi) is 4.70. The summed E-state index contributed by atoms with van der Waals surface area (Å²) < 4.78 is 0. The van der Waals surface area contributed by atoms with Crippen LogP contribution in [0.25, 0.3) is 0 Å². The summed E-state index contributed by atoms with van der Waals surface area (Å²) >= 11 is 7.99. The van der Waals surface area contributed by atoms with Crippen LogP contribution in [-0.2, 0) is 6.42 Å². The highest BCUT2D eigenvalue weighted by Gasteiger charge is 2.04. The number of nitrogens with two attached hydrogens (primary N) is 1. The number of rotatable bonds is 4. The molecule has 0 aliphatic heterocycles. The summed E-state index contributed by atoms with van der Waals surface area (Å²) in [5.41, 5.74) is 7.99. The van der Waals surface area contributed by atoms with Crippen LogP contribution in [0.2, 0.25) is 5.02 Å². The predicted molar refractivity (Wildman–Crippen MR) is 79.5 cm³/mol. The van der Waals surface area contributed by atoms with Crippen LogP contribution in [-0.4, -0.2) is 6.54 Å². The highest BCUT2D eigenvalue weighted by Crippen LogP contribution is 2.34. The lowest BCUT2D eigenvalue weighted by Gasteiger charge is -2.07. The maximum absolute atomic E-state index is 6.29. The van der Waals surface area contributed by atoms with Crippen LogP contribution in [0.15, 0.2) is 52.3 Å². The third-order valence-corrected chi connectivity index (χ3v) is 4.14. The fourth-order valence-electron chi connectivity index (χ4n) is 1.76. The van der Waals surface area contributed by atoms with Crippen LogP contribution in [0.4, 0.5) is 0 Å². The molecular weight excluding hydrogens is 262 g/mol. The van der Waals surface area contributed by atoms with Crippen molar-refractivity contribution in [2.75, 3.05) is 6.54 Å². The van der Waals surface area contributed by atoms with E-state index < -0.39 is 0 Å². The molecule has 0 atom stereocenters. The van der Waals surface area contributed by atoms with Crippen LogP contribution in [0.1, 0.15) is 11.1 Å². The molecule has 0 radical (unpaired) electrons. The van der Waals surface area contributed by atoms with Crippen molar-refractivity contribution in [3.05, 3.63) is 58.6 Å². The molecule has 0 saturated carbocycles. The Hall–Kier alpha value is -0.960. The molecule has 0 saturated heterocycles. The molecule has 0 aromatic heterocycles. The van der Waals surface area contributed by atoms with E-state index in [0.29, 0.717) is 6.54 Å². The Bertz CT molecular complexity index is 540. The van der Waals surface area contributed by atoms with Crippen LogP contribution >= 0.6 is 23.4 Å². The van der Waals surface area contributed by atoms with E-state index >= 15 is 0 Å². The van der Waals surface area contributed by atoms with Gasteiger partial charge in [-0.15, -0.1) is 0 Å². The van der Waals surface area contributed by atoms with Crippen LogP contribution in [0, 0.1) is 6.92 Å². The molecule has 2 aromatic carbocycles. The van der Waals surface area contributed by atoms with Gasteiger partial charge < -0.3 is 5.73 Å². The van der Waals surface area contributed by atoms with Gasteiger partial charge in [-0.1, -0.05) is 47.1 Å². The zero-order valence-corrected chi connectivity index (χ0v) is 11.9. The summed E-state index contributed by atoms with van der Waals surface area (Å²) in [5, 5.41) is 0.799. The summed E-state index contributed by atoms with van der Waals surface area (Å²) in [6.45, 7) is 2.75. The number of hydrogen-bond acceptors (Lipinski definition) is 2. The van der Waals surface area contributed by atoms with Crippen LogP contribution in [0.5, 0.6) is 0 Å². The Morgan fingerprint density at radius 3 is 2.67 bits per heavy atom. The van der Waals surface area contributed by atoms with Crippen molar-refractivity contribution in [1.29, 1.82) is 0 Å². The quantitative estimate of drug-likeness (QED) is 0.902. The van der Waals surface area contributed by atoms with E-state index in [9.17, 15) is 0 Å². The van der Waals surface area contributed by atoms with E-state index in [-0.39, 0.29) is 0 Å². The molecular formula is C15H16ClNS. The zero-order chi connectivity index (χ0) is 13.0. The number of halogens is 1. The summed E-state index contributed by atoms with van der Waals surface area (Å²) in [5.74, 6) is 0. The van der Waals surface area contributed by atoms with E-state index in [0.717, 1.165) is 16.3 Å². The van der Waals surface area contributed by atoms with Gasteiger partial charge in [-0.3, -0.25) is 0 Å². The highest BCUT2D eigenvalue weighted by molar-refractivity contribution is 7.99. The molecule has 0 aliphatic carbocycles. The average Bonchev–Trinajstić information content (AvgIpc) is 2.33. The minimum atomic E-state index is 0.653. The molecule has 0 aliphatic rings. The van der Waals surface area contributed by atoms with Gasteiger partial charge in [0.15, 0.2) is 0 Å². The van der Waals surface area contributed by atoms with E-state index in [1.807, 2.05) is 6.07 Å². The largest absolute Gasteiger partial charge is 0.330 e. The molecule has 18 heavy (non-hydrogen) atoms. The van der Waals surface area contributed by atoms with Crippen molar-refractivity contribution in [2.45, 2.75) is 23.1 Å². The van der Waals surface area contributed by atoms with E-state index in [1.54, 1.807) is 11.8 Å². The topological polar surface area (TPSA) is 26.0 Å². The Labute approximate surface area is 117 Å². The molecule has 3 heteroatoms. The second-order valence-corrected chi connectivity index (χ2v) is 5.74. The van der Waals surface area contributed by atoms with Gasteiger partial charge in [0.05, 0.1) is 5.02 Å². The first-order chi connectivity index (χ1) is 8.69. The van der Waals surface area contributed by atoms with E-state index in [4.69, 9.17) is 17.3 Å². The first kappa shape index (κ1) is 13.5. The molecule has 1 nitrogen and oxygen atoms in total. The third-order valence-electron chi connectivity index (χ3n) is 2.65. The van der Waals surface area contributed by atoms with Gasteiger partial charge in [-0.25, -0.2) is 0 Å². The fraction of sp³-hybridized carbons (Fsp3) is 0.200. The number of benzene rings is 2. The maximum atomic E-state index is 6.29. The summed E-state index contributed by atoms with van der Waals surface area (Å²) in [4.78, 5) is 2.30. The fourth-order valence-corrected chi connectivity index (χ4v) is 3.01. The standard InChI is InChI=1S/C15H16ClNS/c1-11-3-2-4-13(9-11)18-15-6-5-12(7-8-17)10-14(15)16/h2-6,9-10H,7-8,17H2,1H3. The van der Waals surface area contributed by atoms with Crippen LogP contribution in [0.3, 0.4) is 0 Å². The van der Waals surface area contributed by atoms with Gasteiger partial charge in [0.2, 0.25) is 0 Å².